The molecule has 0 aliphatic carbocycles. The molecular weight excluding hydrogens is 358 g/mol. The maximum Gasteiger partial charge on any atom is 0.276 e. The Bertz CT molecular complexity index is 1200. The van der Waals surface area contributed by atoms with E-state index in [2.05, 4.69) is 10.1 Å². The molecule has 28 heavy (non-hydrogen) atoms. The van der Waals surface area contributed by atoms with Crippen LogP contribution >= 0.6 is 0 Å². The SMILES string of the molecule is COc1ccc(-c2nc3c(CN)c(-c4ccc(C)o4)c(CN)c(=O)n3[nH]2)cc1. The van der Waals surface area contributed by atoms with E-state index in [1.807, 2.05) is 43.3 Å². The second-order valence-corrected chi connectivity index (χ2v) is 6.42. The van der Waals surface area contributed by atoms with Crippen LogP contribution in [-0.4, -0.2) is 21.7 Å². The Balaban J connectivity index is 2.00. The molecule has 0 saturated carbocycles. The molecule has 0 atom stereocenters. The van der Waals surface area contributed by atoms with Gasteiger partial charge in [0, 0.05) is 35.3 Å². The van der Waals surface area contributed by atoms with E-state index < -0.39 is 0 Å². The summed E-state index contributed by atoms with van der Waals surface area (Å²) in [6.45, 7) is 2.08. The number of aryl methyl sites for hydroxylation is 1. The lowest BCUT2D eigenvalue weighted by molar-refractivity contribution is 0.415. The fourth-order valence-corrected chi connectivity index (χ4v) is 3.35. The summed E-state index contributed by atoms with van der Waals surface area (Å²) >= 11 is 0. The summed E-state index contributed by atoms with van der Waals surface area (Å²) < 4.78 is 12.3. The summed E-state index contributed by atoms with van der Waals surface area (Å²) in [7, 11) is 1.61. The van der Waals surface area contributed by atoms with Crippen LogP contribution in [-0.2, 0) is 13.1 Å². The maximum absolute atomic E-state index is 13.1. The largest absolute Gasteiger partial charge is 0.497 e. The molecule has 3 aromatic heterocycles. The molecular formula is C20H21N5O3. The van der Waals surface area contributed by atoms with Gasteiger partial charge >= 0.3 is 0 Å². The highest BCUT2D eigenvalue weighted by Gasteiger charge is 2.22. The lowest BCUT2D eigenvalue weighted by atomic mass is 10.0. The molecule has 8 heteroatoms. The van der Waals surface area contributed by atoms with E-state index in [1.54, 1.807) is 7.11 Å². The van der Waals surface area contributed by atoms with Crippen molar-refractivity contribution >= 4 is 5.65 Å². The van der Waals surface area contributed by atoms with Crippen LogP contribution in [0.3, 0.4) is 0 Å². The number of H-pyrrole nitrogens is 1. The van der Waals surface area contributed by atoms with Crippen LogP contribution < -0.4 is 21.8 Å². The molecule has 0 bridgehead atoms. The zero-order chi connectivity index (χ0) is 19.8. The monoisotopic (exact) mass is 379 g/mol. The van der Waals surface area contributed by atoms with Crippen LogP contribution in [0.2, 0.25) is 0 Å². The molecule has 0 aliphatic rings. The van der Waals surface area contributed by atoms with Crippen molar-refractivity contribution in [1.82, 2.24) is 14.6 Å². The quantitative estimate of drug-likeness (QED) is 0.488. The first-order valence-electron chi connectivity index (χ1n) is 8.85. The Hall–Kier alpha value is -3.36. The van der Waals surface area contributed by atoms with Gasteiger partial charge in [0.1, 0.15) is 17.3 Å². The van der Waals surface area contributed by atoms with Crippen LogP contribution in [0.25, 0.3) is 28.4 Å². The Kier molecular flexibility index (Phi) is 4.50. The van der Waals surface area contributed by atoms with Crippen molar-refractivity contribution < 1.29 is 9.15 Å². The predicted molar refractivity (Wildman–Crippen MR) is 106 cm³/mol. The summed E-state index contributed by atoms with van der Waals surface area (Å²) in [6.07, 6.45) is 0. The Morgan fingerprint density at radius 2 is 1.82 bits per heavy atom. The molecule has 4 rings (SSSR count). The molecule has 5 N–H and O–H groups in total. The highest BCUT2D eigenvalue weighted by Crippen LogP contribution is 2.30. The molecule has 0 spiro atoms. The molecule has 1 aromatic carbocycles. The van der Waals surface area contributed by atoms with Crippen LogP contribution in [0.1, 0.15) is 16.9 Å². The first kappa shape index (κ1) is 18.0. The Morgan fingerprint density at radius 3 is 2.39 bits per heavy atom. The van der Waals surface area contributed by atoms with Crippen molar-refractivity contribution in [3.8, 4) is 28.5 Å². The van der Waals surface area contributed by atoms with Crippen molar-refractivity contribution in [2.75, 3.05) is 7.11 Å². The summed E-state index contributed by atoms with van der Waals surface area (Å²) in [6, 6.07) is 11.0. The number of fused-ring (bicyclic) bond motifs is 1. The number of benzene rings is 1. The number of pyridine rings is 1. The number of nitrogens with one attached hydrogen (secondary N) is 1. The minimum Gasteiger partial charge on any atom is -0.497 e. The van der Waals surface area contributed by atoms with Gasteiger partial charge in [-0.1, -0.05) is 0 Å². The lowest BCUT2D eigenvalue weighted by Gasteiger charge is -2.11. The van der Waals surface area contributed by atoms with Crippen LogP contribution in [0.4, 0.5) is 0 Å². The number of aromatic amines is 1. The van der Waals surface area contributed by atoms with Crippen molar-refractivity contribution in [1.29, 1.82) is 0 Å². The third kappa shape index (κ3) is 2.79. The molecule has 0 unspecified atom stereocenters. The number of hydrogen-bond donors (Lipinski definition) is 3. The molecule has 0 aliphatic heterocycles. The Labute approximate surface area is 160 Å². The van der Waals surface area contributed by atoms with Gasteiger partial charge < -0.3 is 20.6 Å². The number of rotatable bonds is 5. The molecule has 0 fully saturated rings. The minimum absolute atomic E-state index is 0.0563. The van der Waals surface area contributed by atoms with Gasteiger partial charge in [0.05, 0.1) is 7.11 Å². The average Bonchev–Trinajstić information content (AvgIpc) is 3.34. The maximum atomic E-state index is 13.1. The van der Waals surface area contributed by atoms with E-state index in [-0.39, 0.29) is 18.6 Å². The predicted octanol–water partition coefficient (Wildman–Crippen LogP) is 2.18. The lowest BCUT2D eigenvalue weighted by Crippen LogP contribution is -2.25. The van der Waals surface area contributed by atoms with Crippen LogP contribution in [0.5, 0.6) is 5.75 Å². The van der Waals surface area contributed by atoms with E-state index in [9.17, 15) is 4.79 Å². The van der Waals surface area contributed by atoms with Gasteiger partial charge in [-0.3, -0.25) is 9.89 Å². The van der Waals surface area contributed by atoms with Gasteiger partial charge in [0.25, 0.3) is 5.56 Å². The fourth-order valence-electron chi connectivity index (χ4n) is 3.35. The standard InChI is InChI=1S/C20H21N5O3/c1-11-3-8-16(28-11)17-14(9-21)19-23-18(12-4-6-13(27-2)7-5-12)24-25(19)20(26)15(17)10-22/h3-8H,9-10,21-22H2,1-2H3,(H,23,24). The topological polar surface area (TPSA) is 125 Å². The molecule has 8 nitrogen and oxygen atoms in total. The highest BCUT2D eigenvalue weighted by molar-refractivity contribution is 5.74. The zero-order valence-corrected chi connectivity index (χ0v) is 15.7. The normalized spacial score (nSPS) is 11.3. The van der Waals surface area contributed by atoms with Crippen LogP contribution in [0, 0.1) is 6.92 Å². The van der Waals surface area contributed by atoms with Gasteiger partial charge in [-0.2, -0.15) is 4.52 Å². The van der Waals surface area contributed by atoms with E-state index in [0.29, 0.717) is 33.9 Å². The zero-order valence-electron chi connectivity index (χ0n) is 15.7. The van der Waals surface area contributed by atoms with Crippen molar-refractivity contribution in [2.24, 2.45) is 11.5 Å². The summed E-state index contributed by atoms with van der Waals surface area (Å²) in [5.41, 5.74) is 14.7. The van der Waals surface area contributed by atoms with Gasteiger partial charge in [-0.15, -0.1) is 0 Å². The molecule has 3 heterocycles. The van der Waals surface area contributed by atoms with E-state index >= 15 is 0 Å². The van der Waals surface area contributed by atoms with Crippen molar-refractivity contribution in [3.05, 3.63) is 63.6 Å². The first-order chi connectivity index (χ1) is 13.6. The number of nitrogens with zero attached hydrogens (tertiary/aromatic N) is 2. The molecule has 0 radical (unpaired) electrons. The second kappa shape index (κ2) is 6.99. The first-order valence-corrected chi connectivity index (χ1v) is 8.85. The van der Waals surface area contributed by atoms with Gasteiger partial charge in [0.2, 0.25) is 0 Å². The van der Waals surface area contributed by atoms with Crippen molar-refractivity contribution in [2.45, 2.75) is 20.0 Å². The summed E-state index contributed by atoms with van der Waals surface area (Å²) in [5, 5.41) is 3.06. The van der Waals surface area contributed by atoms with E-state index in [1.165, 1.54) is 4.52 Å². The van der Waals surface area contributed by atoms with Gasteiger partial charge in [0.15, 0.2) is 11.5 Å². The van der Waals surface area contributed by atoms with Gasteiger partial charge in [-0.05, 0) is 43.3 Å². The van der Waals surface area contributed by atoms with Crippen molar-refractivity contribution in [3.63, 3.8) is 0 Å². The molecule has 0 amide bonds. The highest BCUT2D eigenvalue weighted by atomic mass is 16.5. The third-order valence-corrected chi connectivity index (χ3v) is 4.74. The smallest absolute Gasteiger partial charge is 0.276 e. The van der Waals surface area contributed by atoms with E-state index in [4.69, 9.17) is 20.6 Å². The molecule has 0 saturated heterocycles. The number of nitrogens with two attached hydrogens (primary N) is 2. The summed E-state index contributed by atoms with van der Waals surface area (Å²) in [4.78, 5) is 17.7. The molecule has 144 valence electrons. The number of furan rings is 1. The number of hydrogen-bond acceptors (Lipinski definition) is 6. The minimum atomic E-state index is -0.272. The molecule has 4 aromatic rings. The summed E-state index contributed by atoms with van der Waals surface area (Å²) in [5.74, 6) is 2.58. The van der Waals surface area contributed by atoms with E-state index in [0.717, 1.165) is 17.1 Å². The third-order valence-electron chi connectivity index (χ3n) is 4.74. The Morgan fingerprint density at radius 1 is 1.11 bits per heavy atom. The van der Waals surface area contributed by atoms with Crippen LogP contribution in [0.15, 0.2) is 45.6 Å². The average molecular weight is 379 g/mol. The van der Waals surface area contributed by atoms with Gasteiger partial charge in [-0.25, -0.2) is 4.98 Å². The second-order valence-electron chi connectivity index (χ2n) is 6.42. The number of ether oxygens (including phenoxy) is 1. The number of aromatic nitrogens is 3. The fraction of sp³-hybridized carbons (Fsp3) is 0.200. The number of methoxy groups -OCH3 is 1.